The molecule has 0 bridgehead atoms. The van der Waals surface area contributed by atoms with Crippen LogP contribution >= 0.6 is 0 Å². The monoisotopic (exact) mass is 472 g/mol. The number of aromatic amines is 1. The van der Waals surface area contributed by atoms with Gasteiger partial charge in [-0.05, 0) is 62.1 Å². The molecule has 8 nitrogen and oxygen atoms in total. The predicted molar refractivity (Wildman–Crippen MR) is 135 cm³/mol. The van der Waals surface area contributed by atoms with Gasteiger partial charge in [-0.1, -0.05) is 12.1 Å². The molecule has 1 N–H and O–H groups in total. The van der Waals surface area contributed by atoms with Crippen molar-refractivity contribution in [2.24, 2.45) is 5.92 Å². The first-order valence-corrected chi connectivity index (χ1v) is 12.4. The summed E-state index contributed by atoms with van der Waals surface area (Å²) in [7, 11) is 0. The second-order valence-corrected chi connectivity index (χ2v) is 9.51. The Kier molecular flexibility index (Phi) is 6.53. The van der Waals surface area contributed by atoms with Crippen molar-refractivity contribution in [3.8, 4) is 11.3 Å². The lowest BCUT2D eigenvalue weighted by Gasteiger charge is -2.39. The van der Waals surface area contributed by atoms with Crippen LogP contribution in [0, 0.1) is 19.8 Å². The third-order valence-electron chi connectivity index (χ3n) is 7.41. The molecule has 0 unspecified atom stereocenters. The van der Waals surface area contributed by atoms with Crippen molar-refractivity contribution >= 4 is 17.5 Å². The number of rotatable bonds is 4. The van der Waals surface area contributed by atoms with Crippen LogP contribution in [0.2, 0.25) is 0 Å². The number of aryl methyl sites for hydroxylation is 1. The van der Waals surface area contributed by atoms with Crippen LogP contribution in [0.1, 0.15) is 34.5 Å². The lowest BCUT2D eigenvalue weighted by atomic mass is 9.94. The number of benzene rings is 1. The first-order chi connectivity index (χ1) is 17.0. The molecule has 1 aromatic carbocycles. The van der Waals surface area contributed by atoms with Gasteiger partial charge in [-0.3, -0.25) is 19.7 Å². The lowest BCUT2D eigenvalue weighted by molar-refractivity contribution is -0.137. The second-order valence-electron chi connectivity index (χ2n) is 9.51. The molecular formula is C27H32N6O2. The molecule has 5 rings (SSSR count). The van der Waals surface area contributed by atoms with E-state index in [9.17, 15) is 9.59 Å². The number of H-pyrrole nitrogens is 1. The standard InChI is InChI=1S/C27H32N6O2/c1-19-5-3-7-25(20(19)2)31-13-15-33(16-14-31)26(34)21-8-11-32(12-9-21)27(35)24-17-23(29-30-24)22-6-4-10-28-18-22/h3-7,10,17-18,21H,8-9,11-16H2,1-2H3,(H,29,30). The number of anilines is 1. The van der Waals surface area contributed by atoms with E-state index in [1.54, 1.807) is 18.5 Å². The van der Waals surface area contributed by atoms with Gasteiger partial charge in [0.2, 0.25) is 5.91 Å². The molecule has 2 aliphatic heterocycles. The quantitative estimate of drug-likeness (QED) is 0.630. The van der Waals surface area contributed by atoms with Gasteiger partial charge in [0.15, 0.2) is 0 Å². The second kappa shape index (κ2) is 9.90. The first-order valence-electron chi connectivity index (χ1n) is 12.4. The number of carbonyl (C=O) groups excluding carboxylic acids is 2. The summed E-state index contributed by atoms with van der Waals surface area (Å²) >= 11 is 0. The summed E-state index contributed by atoms with van der Waals surface area (Å²) in [6.07, 6.45) is 4.83. The van der Waals surface area contributed by atoms with Gasteiger partial charge >= 0.3 is 0 Å². The maximum atomic E-state index is 13.2. The Balaban J connectivity index is 1.13. The van der Waals surface area contributed by atoms with E-state index in [1.807, 2.05) is 21.9 Å². The van der Waals surface area contributed by atoms with Crippen molar-refractivity contribution in [3.05, 3.63) is 65.6 Å². The average molecular weight is 473 g/mol. The highest BCUT2D eigenvalue weighted by Gasteiger charge is 2.32. The van der Waals surface area contributed by atoms with Crippen molar-refractivity contribution in [2.45, 2.75) is 26.7 Å². The molecule has 35 heavy (non-hydrogen) atoms. The SMILES string of the molecule is Cc1cccc(N2CCN(C(=O)C3CCN(C(=O)c4cc(-c5cccnc5)n[nH]4)CC3)CC2)c1C. The highest BCUT2D eigenvalue weighted by Crippen LogP contribution is 2.26. The Morgan fingerprint density at radius 1 is 0.943 bits per heavy atom. The molecule has 182 valence electrons. The number of nitrogens with one attached hydrogen (secondary N) is 1. The van der Waals surface area contributed by atoms with Gasteiger partial charge in [0, 0.05) is 68.8 Å². The van der Waals surface area contributed by atoms with Gasteiger partial charge in [0.25, 0.3) is 5.91 Å². The topological polar surface area (TPSA) is 85.4 Å². The zero-order valence-corrected chi connectivity index (χ0v) is 20.4. The summed E-state index contributed by atoms with van der Waals surface area (Å²) in [5.74, 6) is 0.151. The Bertz CT molecular complexity index is 1190. The summed E-state index contributed by atoms with van der Waals surface area (Å²) in [5, 5.41) is 7.13. The fourth-order valence-electron chi connectivity index (χ4n) is 5.10. The molecule has 0 atom stereocenters. The van der Waals surface area contributed by atoms with Crippen molar-refractivity contribution in [1.29, 1.82) is 0 Å². The molecular weight excluding hydrogens is 440 g/mol. The summed E-state index contributed by atoms with van der Waals surface area (Å²) in [5.41, 5.74) is 5.92. The summed E-state index contributed by atoms with van der Waals surface area (Å²) in [6, 6.07) is 11.9. The minimum absolute atomic E-state index is 0.0148. The Labute approximate surface area is 205 Å². The van der Waals surface area contributed by atoms with Crippen LogP contribution in [-0.2, 0) is 4.79 Å². The molecule has 2 amide bonds. The molecule has 4 heterocycles. The van der Waals surface area contributed by atoms with Gasteiger partial charge < -0.3 is 14.7 Å². The molecule has 2 aromatic heterocycles. The number of piperazine rings is 1. The molecule has 2 aliphatic rings. The smallest absolute Gasteiger partial charge is 0.271 e. The molecule has 0 aliphatic carbocycles. The Hall–Kier alpha value is -3.68. The highest BCUT2D eigenvalue weighted by atomic mass is 16.2. The van der Waals surface area contributed by atoms with Gasteiger partial charge in [-0.15, -0.1) is 0 Å². The van der Waals surface area contributed by atoms with E-state index in [1.165, 1.54) is 16.8 Å². The van der Waals surface area contributed by atoms with Crippen molar-refractivity contribution in [3.63, 3.8) is 0 Å². The number of hydrogen-bond acceptors (Lipinski definition) is 5. The first kappa shape index (κ1) is 23.1. The molecule has 0 spiro atoms. The third-order valence-corrected chi connectivity index (χ3v) is 7.41. The zero-order chi connectivity index (χ0) is 24.4. The number of carbonyl (C=O) groups is 2. The van der Waals surface area contributed by atoms with Crippen LogP contribution in [0.5, 0.6) is 0 Å². The Morgan fingerprint density at radius 3 is 2.43 bits per heavy atom. The van der Waals surface area contributed by atoms with Crippen LogP contribution in [0.15, 0.2) is 48.8 Å². The number of hydrogen-bond donors (Lipinski definition) is 1. The van der Waals surface area contributed by atoms with Crippen LogP contribution < -0.4 is 4.90 Å². The lowest BCUT2D eigenvalue weighted by Crippen LogP contribution is -2.52. The Morgan fingerprint density at radius 2 is 1.71 bits per heavy atom. The predicted octanol–water partition coefficient (Wildman–Crippen LogP) is 3.29. The molecule has 2 saturated heterocycles. The number of piperidine rings is 1. The summed E-state index contributed by atoms with van der Waals surface area (Å²) < 4.78 is 0. The molecule has 2 fully saturated rings. The van der Waals surface area contributed by atoms with Crippen LogP contribution in [0.25, 0.3) is 11.3 Å². The summed E-state index contributed by atoms with van der Waals surface area (Å²) in [4.78, 5) is 36.5. The van der Waals surface area contributed by atoms with E-state index in [0.717, 1.165) is 31.7 Å². The maximum absolute atomic E-state index is 13.2. The molecule has 3 aromatic rings. The number of likely N-dealkylation sites (tertiary alicyclic amines) is 1. The number of amides is 2. The molecule has 0 saturated carbocycles. The normalized spacial score (nSPS) is 17.0. The van der Waals surface area contributed by atoms with E-state index in [-0.39, 0.29) is 17.7 Å². The van der Waals surface area contributed by atoms with Crippen LogP contribution in [0.3, 0.4) is 0 Å². The van der Waals surface area contributed by atoms with E-state index >= 15 is 0 Å². The van der Waals surface area contributed by atoms with Crippen molar-refractivity contribution < 1.29 is 9.59 Å². The van der Waals surface area contributed by atoms with E-state index in [4.69, 9.17) is 0 Å². The fourth-order valence-corrected chi connectivity index (χ4v) is 5.10. The van der Waals surface area contributed by atoms with E-state index < -0.39 is 0 Å². The fraction of sp³-hybridized carbons (Fsp3) is 0.407. The van der Waals surface area contributed by atoms with Gasteiger partial charge in [-0.2, -0.15) is 5.10 Å². The van der Waals surface area contributed by atoms with E-state index in [2.05, 4.69) is 52.1 Å². The minimum atomic E-state index is -0.0688. The maximum Gasteiger partial charge on any atom is 0.271 e. The average Bonchev–Trinajstić information content (AvgIpc) is 3.41. The van der Waals surface area contributed by atoms with Gasteiger partial charge in [0.05, 0.1) is 5.69 Å². The number of pyridine rings is 1. The zero-order valence-electron chi connectivity index (χ0n) is 20.4. The van der Waals surface area contributed by atoms with Gasteiger partial charge in [-0.25, -0.2) is 0 Å². The highest BCUT2D eigenvalue weighted by molar-refractivity contribution is 5.93. The van der Waals surface area contributed by atoms with Crippen molar-refractivity contribution in [1.82, 2.24) is 25.0 Å². The van der Waals surface area contributed by atoms with Crippen LogP contribution in [0.4, 0.5) is 5.69 Å². The molecule has 0 radical (unpaired) electrons. The van der Waals surface area contributed by atoms with Gasteiger partial charge in [0.1, 0.15) is 5.69 Å². The number of aromatic nitrogens is 3. The van der Waals surface area contributed by atoms with Crippen LogP contribution in [-0.4, -0.2) is 76.1 Å². The minimum Gasteiger partial charge on any atom is -0.368 e. The largest absolute Gasteiger partial charge is 0.368 e. The number of nitrogens with zero attached hydrogens (tertiary/aromatic N) is 5. The summed E-state index contributed by atoms with van der Waals surface area (Å²) in [6.45, 7) is 8.67. The third kappa shape index (κ3) is 4.78. The molecule has 8 heteroatoms. The van der Waals surface area contributed by atoms with Crippen molar-refractivity contribution in [2.75, 3.05) is 44.2 Å². The van der Waals surface area contributed by atoms with E-state index in [0.29, 0.717) is 37.3 Å².